The van der Waals surface area contributed by atoms with Gasteiger partial charge >= 0.3 is 0 Å². The number of hydrogen-bond donors (Lipinski definition) is 0. The monoisotopic (exact) mass is 812 g/mol. The minimum absolute atomic E-state index is 0.363. The van der Waals surface area contributed by atoms with Crippen molar-refractivity contribution >= 4 is 53.0 Å². The molecular formula is C41H44N6O4S4. The summed E-state index contributed by atoms with van der Waals surface area (Å²) < 4.78 is 54.5. The first kappa shape index (κ1) is 38.8. The third kappa shape index (κ3) is 8.85. The maximum Gasteiger partial charge on any atom is 0.243 e. The van der Waals surface area contributed by atoms with Gasteiger partial charge in [-0.25, -0.2) is 26.8 Å². The Bertz CT molecular complexity index is 2420. The van der Waals surface area contributed by atoms with Crippen LogP contribution >= 0.6 is 22.7 Å². The van der Waals surface area contributed by atoms with Gasteiger partial charge in [0.05, 0.1) is 21.2 Å². The summed E-state index contributed by atoms with van der Waals surface area (Å²) in [5, 5.41) is 6.03. The summed E-state index contributed by atoms with van der Waals surface area (Å²) in [7, 11) is -6.87. The molecule has 0 atom stereocenters. The molecule has 10 nitrogen and oxygen atoms in total. The molecular weight excluding hydrogens is 769 g/mol. The third-order valence-electron chi connectivity index (χ3n) is 9.81. The average Bonchev–Trinajstić information content (AvgIpc) is 3.91. The van der Waals surface area contributed by atoms with E-state index in [1.807, 2.05) is 80.6 Å². The highest BCUT2D eigenvalue weighted by molar-refractivity contribution is 7.89. The van der Waals surface area contributed by atoms with Crippen molar-refractivity contribution in [3.63, 3.8) is 0 Å². The summed E-state index contributed by atoms with van der Waals surface area (Å²) in [6.07, 6.45) is 0. The first-order chi connectivity index (χ1) is 26.5. The van der Waals surface area contributed by atoms with Crippen LogP contribution in [0.25, 0.3) is 22.5 Å². The summed E-state index contributed by atoms with van der Waals surface area (Å²) in [6, 6.07) is 32.4. The lowest BCUT2D eigenvalue weighted by atomic mass is 10.1. The Morgan fingerprint density at radius 1 is 0.491 bits per heavy atom. The number of rotatable bonds is 8. The van der Waals surface area contributed by atoms with Gasteiger partial charge in [-0.1, -0.05) is 90.0 Å². The van der Waals surface area contributed by atoms with Gasteiger partial charge in [0, 0.05) is 74.2 Å². The Hall–Kier alpha value is -4.44. The van der Waals surface area contributed by atoms with E-state index in [1.165, 1.54) is 5.56 Å². The lowest BCUT2D eigenvalue weighted by Crippen LogP contribution is -2.48. The van der Waals surface area contributed by atoms with E-state index in [4.69, 9.17) is 9.97 Å². The van der Waals surface area contributed by atoms with Crippen molar-refractivity contribution in [1.82, 2.24) is 18.6 Å². The average molecular weight is 813 g/mol. The minimum atomic E-state index is -3.44. The van der Waals surface area contributed by atoms with Crippen LogP contribution in [0.2, 0.25) is 0 Å². The lowest BCUT2D eigenvalue weighted by Gasteiger charge is -2.33. The second-order valence-corrected chi connectivity index (χ2v) is 19.2. The number of nitrogens with zero attached hydrogens (tertiary/aromatic N) is 6. The highest BCUT2D eigenvalue weighted by atomic mass is 32.2. The zero-order valence-electron chi connectivity index (χ0n) is 31.1. The number of aromatic nitrogens is 2. The molecule has 2 saturated heterocycles. The Kier molecular flexibility index (Phi) is 11.8. The molecule has 0 radical (unpaired) electrons. The van der Waals surface area contributed by atoms with Gasteiger partial charge in [-0.05, 0) is 50.6 Å². The van der Waals surface area contributed by atoms with Gasteiger partial charge in [-0.3, -0.25) is 0 Å². The van der Waals surface area contributed by atoms with E-state index in [1.54, 1.807) is 55.5 Å². The normalized spacial score (nSPS) is 15.8. The van der Waals surface area contributed by atoms with E-state index >= 15 is 0 Å². The lowest BCUT2D eigenvalue weighted by molar-refractivity contribution is 0.384. The number of thiazole rings is 2. The molecule has 286 valence electrons. The van der Waals surface area contributed by atoms with E-state index < -0.39 is 20.0 Å². The van der Waals surface area contributed by atoms with E-state index in [0.717, 1.165) is 43.9 Å². The molecule has 0 N–H and O–H groups in total. The molecule has 4 aromatic carbocycles. The standard InChI is InChI=1S/C21H23N3O2S2.C20H21N3O2S2/c1-16-7-9-18(10-8-16)28(25,26)24-13-11-23(12-14-24)21-22-20(15-27-21)19-6-4-3-5-17(19)2;1-16-7-9-18(10-8-16)27(24,25)23-13-11-22(12-14-23)20-21-19(15-26-20)17-5-3-2-4-6-17/h3-10,15H,11-14H2,1-2H3;2-10,15H,11-14H2,1H3. The molecule has 4 heterocycles. The SMILES string of the molecule is Cc1ccc(S(=O)(=O)N2CCN(c3nc(-c4ccccc4)cs3)CC2)cc1.Cc1ccc(S(=O)(=O)N2CCN(c3nc(-c4ccccc4C)cs3)CC2)cc1. The molecule has 2 aromatic heterocycles. The predicted molar refractivity (Wildman–Crippen MR) is 224 cm³/mol. The van der Waals surface area contributed by atoms with E-state index in [2.05, 4.69) is 39.6 Å². The van der Waals surface area contributed by atoms with Crippen LogP contribution in [0.3, 0.4) is 0 Å². The summed E-state index contributed by atoms with van der Waals surface area (Å²) >= 11 is 3.22. The first-order valence-corrected chi connectivity index (χ1v) is 22.8. The van der Waals surface area contributed by atoms with Gasteiger partial charge in [0.15, 0.2) is 10.3 Å². The molecule has 2 aliphatic rings. The van der Waals surface area contributed by atoms with E-state index in [9.17, 15) is 16.8 Å². The molecule has 14 heteroatoms. The minimum Gasteiger partial charge on any atom is -0.345 e. The van der Waals surface area contributed by atoms with Gasteiger partial charge in [0.1, 0.15) is 0 Å². The Morgan fingerprint density at radius 3 is 1.38 bits per heavy atom. The molecule has 6 aromatic rings. The Morgan fingerprint density at radius 2 is 0.909 bits per heavy atom. The van der Waals surface area contributed by atoms with Gasteiger partial charge in [-0.2, -0.15) is 8.61 Å². The van der Waals surface area contributed by atoms with Crippen LogP contribution in [0.4, 0.5) is 10.3 Å². The molecule has 2 fully saturated rings. The summed E-state index contributed by atoms with van der Waals surface area (Å²) in [6.45, 7) is 10.4. The topological polar surface area (TPSA) is 107 Å². The molecule has 0 saturated carbocycles. The molecule has 8 rings (SSSR count). The van der Waals surface area contributed by atoms with Crippen LogP contribution in [0.1, 0.15) is 16.7 Å². The van der Waals surface area contributed by atoms with Crippen LogP contribution in [0.5, 0.6) is 0 Å². The van der Waals surface area contributed by atoms with Crippen molar-refractivity contribution in [2.24, 2.45) is 0 Å². The second kappa shape index (κ2) is 16.7. The van der Waals surface area contributed by atoms with E-state index in [0.29, 0.717) is 62.1 Å². The number of sulfonamides is 2. The van der Waals surface area contributed by atoms with Gasteiger partial charge < -0.3 is 9.80 Å². The molecule has 0 unspecified atom stereocenters. The summed E-state index contributed by atoms with van der Waals surface area (Å²) in [5.74, 6) is 0. The zero-order chi connectivity index (χ0) is 38.6. The number of benzene rings is 4. The van der Waals surface area contributed by atoms with Crippen molar-refractivity contribution in [3.05, 3.63) is 131 Å². The van der Waals surface area contributed by atoms with Gasteiger partial charge in [-0.15, -0.1) is 22.7 Å². The van der Waals surface area contributed by atoms with Crippen molar-refractivity contribution in [1.29, 1.82) is 0 Å². The third-order valence-corrected chi connectivity index (χ3v) is 15.4. The first-order valence-electron chi connectivity index (χ1n) is 18.1. The molecule has 0 aliphatic carbocycles. The van der Waals surface area contributed by atoms with Crippen molar-refractivity contribution in [2.45, 2.75) is 30.6 Å². The molecule has 0 spiro atoms. The van der Waals surface area contributed by atoms with Crippen LogP contribution in [0, 0.1) is 20.8 Å². The number of aryl methyl sites for hydroxylation is 3. The fraction of sp³-hybridized carbons (Fsp3) is 0.268. The van der Waals surface area contributed by atoms with Crippen molar-refractivity contribution in [2.75, 3.05) is 62.2 Å². The fourth-order valence-corrected chi connectivity index (χ4v) is 11.1. The van der Waals surface area contributed by atoms with Gasteiger partial charge in [0.2, 0.25) is 20.0 Å². The summed E-state index contributed by atoms with van der Waals surface area (Å²) in [4.78, 5) is 14.6. The Labute approximate surface area is 332 Å². The fourth-order valence-electron chi connectivity index (χ4n) is 6.50. The van der Waals surface area contributed by atoms with E-state index in [-0.39, 0.29) is 0 Å². The summed E-state index contributed by atoms with van der Waals surface area (Å²) in [5.41, 5.74) is 7.49. The van der Waals surface area contributed by atoms with Crippen LogP contribution in [-0.4, -0.2) is 87.8 Å². The zero-order valence-corrected chi connectivity index (χ0v) is 34.3. The van der Waals surface area contributed by atoms with Crippen molar-refractivity contribution in [3.8, 4) is 22.5 Å². The maximum absolute atomic E-state index is 12.9. The number of piperazine rings is 2. The number of hydrogen-bond acceptors (Lipinski definition) is 10. The molecule has 55 heavy (non-hydrogen) atoms. The largest absolute Gasteiger partial charge is 0.345 e. The number of anilines is 2. The quantitative estimate of drug-likeness (QED) is 0.155. The van der Waals surface area contributed by atoms with Crippen LogP contribution < -0.4 is 9.80 Å². The van der Waals surface area contributed by atoms with Gasteiger partial charge in [0.25, 0.3) is 0 Å². The molecule has 2 aliphatic heterocycles. The highest BCUT2D eigenvalue weighted by Crippen LogP contribution is 2.31. The maximum atomic E-state index is 12.9. The molecule has 0 amide bonds. The van der Waals surface area contributed by atoms with Crippen LogP contribution in [0.15, 0.2) is 124 Å². The smallest absolute Gasteiger partial charge is 0.243 e. The predicted octanol–water partition coefficient (Wildman–Crippen LogP) is 7.57. The second-order valence-electron chi connectivity index (χ2n) is 13.6. The Balaban J connectivity index is 0.000000169. The van der Waals surface area contributed by atoms with Crippen LogP contribution in [-0.2, 0) is 20.0 Å². The van der Waals surface area contributed by atoms with Crippen molar-refractivity contribution < 1.29 is 16.8 Å². The molecule has 0 bridgehead atoms. The highest BCUT2D eigenvalue weighted by Gasteiger charge is 2.31.